The summed E-state index contributed by atoms with van der Waals surface area (Å²) >= 11 is 0. The summed E-state index contributed by atoms with van der Waals surface area (Å²) in [4.78, 5) is 23.5. The van der Waals surface area contributed by atoms with Crippen molar-refractivity contribution < 1.29 is 33.1 Å². The first-order valence-corrected chi connectivity index (χ1v) is 13.8. The number of phosphoric acid groups is 1. The van der Waals surface area contributed by atoms with Crippen LogP contribution in [0.25, 0.3) is 11.2 Å². The molecular formula is C22H29N10O7P. The molecule has 1 aliphatic heterocycles. The summed E-state index contributed by atoms with van der Waals surface area (Å²) in [5.74, 6) is 1.69. The number of aliphatic hydroxyl groups is 1. The molecule has 4 heterocycles. The number of nitrogens with one attached hydrogen (secondary N) is 3. The normalized spacial score (nSPS) is 22.3. The minimum atomic E-state index is -4.30. The summed E-state index contributed by atoms with van der Waals surface area (Å²) in [6, 6.07) is 7.14. The van der Waals surface area contributed by atoms with Gasteiger partial charge in [0, 0.05) is 7.05 Å². The molecule has 5 rings (SSSR count). The number of methoxy groups -OCH3 is 1. The molecule has 0 bridgehead atoms. The van der Waals surface area contributed by atoms with E-state index in [2.05, 4.69) is 46.2 Å². The molecular weight excluding hydrogens is 547 g/mol. The highest BCUT2D eigenvalue weighted by molar-refractivity contribution is 7.47. The average Bonchev–Trinajstić information content (AvgIpc) is 3.68. The number of hydrogen-bond acceptors (Lipinski definition) is 14. The number of tetrazole rings is 1. The zero-order chi connectivity index (χ0) is 28.3. The van der Waals surface area contributed by atoms with E-state index < -0.39 is 32.3 Å². The van der Waals surface area contributed by atoms with Gasteiger partial charge in [0.15, 0.2) is 29.0 Å². The van der Waals surface area contributed by atoms with Gasteiger partial charge >= 0.3 is 7.82 Å². The summed E-state index contributed by atoms with van der Waals surface area (Å²) in [5, 5.41) is 29.8. The van der Waals surface area contributed by atoms with Gasteiger partial charge in [0.1, 0.15) is 18.5 Å². The molecule has 1 saturated heterocycles. The second-order valence-electron chi connectivity index (χ2n) is 8.94. The molecule has 17 nitrogen and oxygen atoms in total. The highest BCUT2D eigenvalue weighted by Gasteiger charge is 2.47. The number of anilines is 2. The molecule has 214 valence electrons. The Morgan fingerprint density at radius 2 is 2.05 bits per heavy atom. The highest BCUT2D eigenvalue weighted by atomic mass is 31.2. The van der Waals surface area contributed by atoms with Gasteiger partial charge in [-0.25, -0.2) is 14.6 Å². The van der Waals surface area contributed by atoms with Gasteiger partial charge in [-0.2, -0.15) is 9.97 Å². The molecule has 4 aromatic rings. The molecule has 1 fully saturated rings. The van der Waals surface area contributed by atoms with Crippen molar-refractivity contribution in [2.75, 3.05) is 31.4 Å². The number of aromatic nitrogens is 8. The average molecular weight is 577 g/mol. The van der Waals surface area contributed by atoms with Crippen molar-refractivity contribution >= 4 is 30.8 Å². The number of phosphoric ester groups is 1. The van der Waals surface area contributed by atoms with Crippen molar-refractivity contribution in [2.45, 2.75) is 44.4 Å². The summed E-state index contributed by atoms with van der Waals surface area (Å²) in [7, 11) is -1.04. The highest BCUT2D eigenvalue weighted by Crippen LogP contribution is 2.55. The van der Waals surface area contributed by atoms with E-state index in [1.165, 1.54) is 6.33 Å². The topological polar surface area (TPSA) is 217 Å². The van der Waals surface area contributed by atoms with E-state index >= 15 is 0 Å². The Morgan fingerprint density at radius 1 is 1.25 bits per heavy atom. The molecule has 18 heteroatoms. The lowest BCUT2D eigenvalue weighted by Crippen LogP contribution is -2.33. The number of nitrogens with zero attached hydrogens (tertiary/aromatic N) is 7. The fourth-order valence-electron chi connectivity index (χ4n) is 4.27. The van der Waals surface area contributed by atoms with Gasteiger partial charge in [-0.15, -0.1) is 5.10 Å². The van der Waals surface area contributed by atoms with Gasteiger partial charge in [-0.3, -0.25) is 13.6 Å². The molecule has 0 spiro atoms. The molecule has 2 unspecified atom stereocenters. The quantitative estimate of drug-likeness (QED) is 0.149. The van der Waals surface area contributed by atoms with E-state index in [9.17, 15) is 14.6 Å². The molecule has 1 aliphatic rings. The van der Waals surface area contributed by atoms with Crippen LogP contribution in [-0.2, 0) is 31.4 Å². The van der Waals surface area contributed by atoms with E-state index in [4.69, 9.17) is 18.5 Å². The lowest BCUT2D eigenvalue weighted by Gasteiger charge is -2.25. The fraction of sp³-hybridized carbons (Fsp3) is 0.455. The van der Waals surface area contributed by atoms with Crippen LogP contribution < -0.4 is 15.4 Å². The second-order valence-corrected chi connectivity index (χ2v) is 10.3. The van der Waals surface area contributed by atoms with Gasteiger partial charge in [0.25, 0.3) is 0 Å². The van der Waals surface area contributed by atoms with Crippen LogP contribution in [0.5, 0.6) is 5.75 Å². The van der Waals surface area contributed by atoms with E-state index in [1.807, 2.05) is 24.3 Å². The van der Waals surface area contributed by atoms with Crippen LogP contribution in [0.15, 0.2) is 30.6 Å². The fourth-order valence-corrected chi connectivity index (χ4v) is 5.44. The van der Waals surface area contributed by atoms with Crippen molar-refractivity contribution in [3.8, 4) is 5.75 Å². The number of rotatable bonds is 12. The first-order valence-electron chi connectivity index (χ1n) is 12.3. The third kappa shape index (κ3) is 6.04. The van der Waals surface area contributed by atoms with Gasteiger partial charge in [0.2, 0.25) is 5.95 Å². The Labute approximate surface area is 227 Å². The first-order chi connectivity index (χ1) is 19.3. The zero-order valence-electron chi connectivity index (χ0n) is 21.8. The minimum Gasteiger partial charge on any atom is -0.497 e. The summed E-state index contributed by atoms with van der Waals surface area (Å²) < 4.78 is 35.5. The van der Waals surface area contributed by atoms with E-state index in [1.54, 1.807) is 25.6 Å². The van der Waals surface area contributed by atoms with E-state index in [0.29, 0.717) is 29.2 Å². The molecule has 1 aromatic carbocycles. The van der Waals surface area contributed by atoms with Crippen LogP contribution in [0.3, 0.4) is 0 Å². The summed E-state index contributed by atoms with van der Waals surface area (Å²) in [6.07, 6.45) is -0.879. The monoisotopic (exact) mass is 576 g/mol. The lowest BCUT2D eigenvalue weighted by atomic mass is 10.1. The van der Waals surface area contributed by atoms with Gasteiger partial charge in [0.05, 0.1) is 32.2 Å². The van der Waals surface area contributed by atoms with Crippen molar-refractivity contribution in [1.29, 1.82) is 0 Å². The third-order valence-electron chi connectivity index (χ3n) is 6.20. The third-order valence-corrected chi connectivity index (χ3v) is 7.31. The Bertz CT molecular complexity index is 1470. The molecule has 0 radical (unpaired) electrons. The van der Waals surface area contributed by atoms with E-state index in [0.717, 1.165) is 11.3 Å². The summed E-state index contributed by atoms with van der Waals surface area (Å²) in [6.45, 7) is 1.34. The predicted octanol–water partition coefficient (Wildman–Crippen LogP) is 1.02. The molecule has 5 atom stereocenters. The second kappa shape index (κ2) is 11.8. The van der Waals surface area contributed by atoms with Gasteiger partial charge in [-0.1, -0.05) is 12.1 Å². The maximum atomic E-state index is 12.2. The van der Waals surface area contributed by atoms with E-state index in [-0.39, 0.29) is 19.2 Å². The minimum absolute atomic E-state index is 0.0802. The smallest absolute Gasteiger partial charge is 0.473 e. The SMILES string of the molecule is CNc1nc(NC(CO)Cc2ccc(OC)cc2)c2ncn([C@H](OCc3nnn[nH]3)[C@@H]3OP(=O)(O)O[C@@H]3C)c2n1. The number of aliphatic hydroxyl groups excluding tert-OH is 1. The van der Waals surface area contributed by atoms with Gasteiger partial charge < -0.3 is 30.1 Å². The number of fused-ring (bicyclic) bond motifs is 1. The number of benzene rings is 1. The number of H-pyrrole nitrogens is 1. The standard InChI is InChI=1S/C22H29N10O7P/c1-12-18(39-40(34,35)38-12)21(37-10-16-28-30-31-29-16)32-11-24-17-19(26-22(23-2)27-20(17)32)25-14(9-33)8-13-4-6-15(36-3)7-5-13/h4-7,11-12,14,18,21,33H,8-10H2,1-3H3,(H,34,35)(H2,23,25,26,27)(H,28,29,30,31)/t12-,14?,18-,21-/m1/s1. The Morgan fingerprint density at radius 3 is 2.67 bits per heavy atom. The molecule has 3 aromatic heterocycles. The van der Waals surface area contributed by atoms with Crippen LogP contribution in [0, 0.1) is 0 Å². The number of aromatic amines is 1. The van der Waals surface area contributed by atoms with Crippen molar-refractivity contribution in [3.63, 3.8) is 0 Å². The first kappa shape index (κ1) is 27.8. The Balaban J connectivity index is 1.48. The number of ether oxygens (including phenoxy) is 2. The molecule has 40 heavy (non-hydrogen) atoms. The molecule has 0 aliphatic carbocycles. The Hall–Kier alpha value is -3.73. The number of hydrogen-bond donors (Lipinski definition) is 5. The van der Waals surface area contributed by atoms with Crippen molar-refractivity contribution in [3.05, 3.63) is 42.0 Å². The van der Waals surface area contributed by atoms with Gasteiger partial charge in [-0.05, 0) is 41.5 Å². The maximum absolute atomic E-state index is 12.2. The predicted molar refractivity (Wildman–Crippen MR) is 139 cm³/mol. The van der Waals surface area contributed by atoms with Crippen LogP contribution in [0.2, 0.25) is 0 Å². The Kier molecular flexibility index (Phi) is 8.20. The molecule has 0 amide bonds. The number of imidazole rings is 1. The van der Waals surface area contributed by atoms with Crippen LogP contribution in [-0.4, -0.2) is 89.2 Å². The summed E-state index contributed by atoms with van der Waals surface area (Å²) in [5.41, 5.74) is 1.69. The van der Waals surface area contributed by atoms with Crippen LogP contribution >= 0.6 is 7.82 Å². The molecule has 5 N–H and O–H groups in total. The van der Waals surface area contributed by atoms with Crippen molar-refractivity contribution in [2.24, 2.45) is 0 Å². The van der Waals surface area contributed by atoms with Crippen LogP contribution in [0.1, 0.15) is 24.5 Å². The zero-order valence-corrected chi connectivity index (χ0v) is 22.7. The van der Waals surface area contributed by atoms with Crippen LogP contribution in [0.4, 0.5) is 11.8 Å². The molecule has 0 saturated carbocycles. The lowest BCUT2D eigenvalue weighted by molar-refractivity contribution is -0.0866. The van der Waals surface area contributed by atoms with Crippen molar-refractivity contribution in [1.82, 2.24) is 40.1 Å². The largest absolute Gasteiger partial charge is 0.497 e. The maximum Gasteiger partial charge on any atom is 0.473 e.